The number of hydrogen-bond donors (Lipinski definition) is 1. The fourth-order valence-electron chi connectivity index (χ4n) is 3.68. The number of nitrogens with two attached hydrogens (primary N) is 1. The maximum Gasteiger partial charge on any atom is 0.282 e. The number of hydrogen-bond acceptors (Lipinski definition) is 3. The highest BCUT2D eigenvalue weighted by molar-refractivity contribution is 7.86. The van der Waals surface area contributed by atoms with E-state index in [-0.39, 0.29) is 18.5 Å². The van der Waals surface area contributed by atoms with E-state index in [1.807, 2.05) is 37.3 Å². The molecule has 23 heavy (non-hydrogen) atoms. The van der Waals surface area contributed by atoms with Crippen LogP contribution in [0.15, 0.2) is 30.3 Å². The molecule has 1 amide bonds. The second-order valence-corrected chi connectivity index (χ2v) is 8.33. The van der Waals surface area contributed by atoms with Crippen molar-refractivity contribution in [2.45, 2.75) is 31.7 Å². The summed E-state index contributed by atoms with van der Waals surface area (Å²) in [7, 11) is -3.54. The Labute approximate surface area is 137 Å². The Morgan fingerprint density at radius 1 is 1.22 bits per heavy atom. The minimum atomic E-state index is -3.54. The normalized spacial score (nSPS) is 29.9. The van der Waals surface area contributed by atoms with Crippen LogP contribution in [0.2, 0.25) is 0 Å². The zero-order chi connectivity index (χ0) is 16.6. The average Bonchev–Trinajstić information content (AvgIpc) is 3.15. The van der Waals surface area contributed by atoms with E-state index >= 15 is 0 Å². The summed E-state index contributed by atoms with van der Waals surface area (Å²) in [4.78, 5) is 11.8. The molecule has 0 saturated carbocycles. The first-order valence-corrected chi connectivity index (χ1v) is 9.42. The van der Waals surface area contributed by atoms with Crippen molar-refractivity contribution >= 4 is 16.1 Å². The maximum atomic E-state index is 12.9. The van der Waals surface area contributed by atoms with Gasteiger partial charge in [-0.1, -0.05) is 30.3 Å². The highest BCUT2D eigenvalue weighted by Gasteiger charge is 2.45. The number of carbonyl (C=O) groups excluding carboxylic acids is 1. The van der Waals surface area contributed by atoms with Crippen LogP contribution in [0.25, 0.3) is 0 Å². The quantitative estimate of drug-likeness (QED) is 0.886. The third-order valence-electron chi connectivity index (χ3n) is 4.99. The molecule has 2 saturated heterocycles. The van der Waals surface area contributed by atoms with Gasteiger partial charge in [-0.25, -0.2) is 0 Å². The fraction of sp³-hybridized carbons (Fsp3) is 0.562. The van der Waals surface area contributed by atoms with Crippen LogP contribution in [0.4, 0.5) is 0 Å². The molecular formula is C16H23N3O3S. The number of nitrogens with zero attached hydrogens (tertiary/aromatic N) is 2. The lowest BCUT2D eigenvalue weighted by Gasteiger charge is -2.26. The average molecular weight is 337 g/mol. The van der Waals surface area contributed by atoms with Gasteiger partial charge in [0, 0.05) is 31.6 Å². The molecule has 0 aliphatic carbocycles. The smallest absolute Gasteiger partial charge is 0.282 e. The van der Waals surface area contributed by atoms with Gasteiger partial charge >= 0.3 is 0 Å². The molecule has 3 atom stereocenters. The highest BCUT2D eigenvalue weighted by atomic mass is 32.2. The standard InChI is InChI=1S/C16H23N3O3S/c1-12-6-5-9-19(12)23(21,22)18-10-14(15(11-18)16(17)20)13-7-3-2-4-8-13/h2-4,7-8,12,14-15H,5-6,9-11H2,1H3,(H2,17,20)/t12?,14-,15+/m1/s1. The lowest BCUT2D eigenvalue weighted by atomic mass is 9.89. The van der Waals surface area contributed by atoms with E-state index in [0.717, 1.165) is 18.4 Å². The number of amides is 1. The number of rotatable bonds is 4. The number of primary amides is 1. The summed E-state index contributed by atoms with van der Waals surface area (Å²) in [5, 5.41) is 0. The lowest BCUT2D eigenvalue weighted by Crippen LogP contribution is -2.44. The van der Waals surface area contributed by atoms with Gasteiger partial charge in [0.25, 0.3) is 10.2 Å². The van der Waals surface area contributed by atoms with Crippen LogP contribution in [0.3, 0.4) is 0 Å². The van der Waals surface area contributed by atoms with Gasteiger partial charge in [-0.05, 0) is 25.3 Å². The zero-order valence-corrected chi connectivity index (χ0v) is 14.1. The first-order valence-electron chi connectivity index (χ1n) is 8.02. The molecule has 126 valence electrons. The summed E-state index contributed by atoms with van der Waals surface area (Å²) in [5.74, 6) is -1.10. The van der Waals surface area contributed by atoms with Crippen molar-refractivity contribution in [3.8, 4) is 0 Å². The monoisotopic (exact) mass is 337 g/mol. The minimum absolute atomic E-state index is 0.0165. The summed E-state index contributed by atoms with van der Waals surface area (Å²) >= 11 is 0. The van der Waals surface area contributed by atoms with Crippen molar-refractivity contribution in [3.63, 3.8) is 0 Å². The molecule has 2 fully saturated rings. The van der Waals surface area contributed by atoms with E-state index in [0.29, 0.717) is 13.1 Å². The molecule has 2 aliphatic rings. The molecule has 7 heteroatoms. The topological polar surface area (TPSA) is 83.7 Å². The molecule has 2 heterocycles. The Balaban J connectivity index is 1.87. The number of benzene rings is 1. The van der Waals surface area contributed by atoms with Crippen molar-refractivity contribution in [1.29, 1.82) is 0 Å². The summed E-state index contributed by atoms with van der Waals surface area (Å²) in [6.45, 7) is 2.96. The first-order chi connectivity index (χ1) is 10.9. The van der Waals surface area contributed by atoms with E-state index in [9.17, 15) is 13.2 Å². The largest absolute Gasteiger partial charge is 0.369 e. The van der Waals surface area contributed by atoms with Gasteiger partial charge in [0.15, 0.2) is 0 Å². The van der Waals surface area contributed by atoms with E-state index in [1.165, 1.54) is 4.31 Å². The van der Waals surface area contributed by atoms with Gasteiger partial charge in [0.05, 0.1) is 5.92 Å². The van der Waals surface area contributed by atoms with Crippen LogP contribution in [-0.2, 0) is 15.0 Å². The third kappa shape index (κ3) is 3.00. The van der Waals surface area contributed by atoms with Crippen LogP contribution >= 0.6 is 0 Å². The Morgan fingerprint density at radius 3 is 2.48 bits per heavy atom. The van der Waals surface area contributed by atoms with E-state index in [1.54, 1.807) is 4.31 Å². The molecule has 1 aromatic carbocycles. The summed E-state index contributed by atoms with van der Waals surface area (Å²) in [6, 6.07) is 9.56. The highest BCUT2D eigenvalue weighted by Crippen LogP contribution is 2.36. The minimum Gasteiger partial charge on any atom is -0.369 e. The molecular weight excluding hydrogens is 314 g/mol. The molecule has 0 radical (unpaired) electrons. The second-order valence-electron chi connectivity index (χ2n) is 6.45. The lowest BCUT2D eigenvalue weighted by molar-refractivity contribution is -0.121. The molecule has 1 unspecified atom stereocenters. The summed E-state index contributed by atoms with van der Waals surface area (Å²) < 4.78 is 28.8. The van der Waals surface area contributed by atoms with Crippen molar-refractivity contribution in [2.24, 2.45) is 11.7 Å². The molecule has 2 N–H and O–H groups in total. The molecule has 6 nitrogen and oxygen atoms in total. The van der Waals surface area contributed by atoms with Crippen molar-refractivity contribution in [3.05, 3.63) is 35.9 Å². The molecule has 0 bridgehead atoms. The van der Waals surface area contributed by atoms with Crippen LogP contribution in [0, 0.1) is 5.92 Å². The van der Waals surface area contributed by atoms with Gasteiger partial charge < -0.3 is 5.73 Å². The van der Waals surface area contributed by atoms with Crippen LogP contribution in [0.5, 0.6) is 0 Å². The Hall–Kier alpha value is -1.44. The molecule has 1 aromatic rings. The summed E-state index contributed by atoms with van der Waals surface area (Å²) in [5.41, 5.74) is 6.50. The number of carbonyl (C=O) groups is 1. The first kappa shape index (κ1) is 16.4. The molecule has 0 spiro atoms. The molecule has 2 aliphatic heterocycles. The molecule has 3 rings (SSSR count). The molecule has 0 aromatic heterocycles. The van der Waals surface area contributed by atoms with Crippen LogP contribution in [0.1, 0.15) is 31.2 Å². The zero-order valence-electron chi connectivity index (χ0n) is 13.3. The fourth-order valence-corrected chi connectivity index (χ4v) is 5.59. The van der Waals surface area contributed by atoms with Crippen molar-refractivity contribution < 1.29 is 13.2 Å². The second kappa shape index (κ2) is 6.22. The Morgan fingerprint density at radius 2 is 1.91 bits per heavy atom. The predicted molar refractivity (Wildman–Crippen MR) is 87.8 cm³/mol. The van der Waals surface area contributed by atoms with Gasteiger partial charge in [0.2, 0.25) is 5.91 Å². The third-order valence-corrected chi connectivity index (χ3v) is 7.08. The van der Waals surface area contributed by atoms with Crippen LogP contribution in [-0.4, -0.2) is 48.6 Å². The van der Waals surface area contributed by atoms with E-state index in [4.69, 9.17) is 5.73 Å². The Bertz CT molecular complexity index is 677. The van der Waals surface area contributed by atoms with E-state index in [2.05, 4.69) is 0 Å². The SMILES string of the molecule is CC1CCCN1S(=O)(=O)N1C[C@H](C(N)=O)[C@@H](c2ccccc2)C1. The van der Waals surface area contributed by atoms with Crippen molar-refractivity contribution in [2.75, 3.05) is 19.6 Å². The van der Waals surface area contributed by atoms with Gasteiger partial charge in [-0.3, -0.25) is 4.79 Å². The van der Waals surface area contributed by atoms with E-state index < -0.39 is 22.0 Å². The van der Waals surface area contributed by atoms with Gasteiger partial charge in [-0.2, -0.15) is 17.0 Å². The van der Waals surface area contributed by atoms with Gasteiger partial charge in [-0.15, -0.1) is 0 Å². The Kier molecular flexibility index (Phi) is 4.44. The van der Waals surface area contributed by atoms with Crippen LogP contribution < -0.4 is 5.73 Å². The maximum absolute atomic E-state index is 12.9. The van der Waals surface area contributed by atoms with Gasteiger partial charge in [0.1, 0.15) is 0 Å². The summed E-state index contributed by atoms with van der Waals surface area (Å²) in [6.07, 6.45) is 1.77. The van der Waals surface area contributed by atoms with Crippen molar-refractivity contribution in [1.82, 2.24) is 8.61 Å². The predicted octanol–water partition coefficient (Wildman–Crippen LogP) is 0.916.